The number of rotatable bonds is 2. The van der Waals surface area contributed by atoms with E-state index in [1.165, 1.54) is 5.56 Å². The van der Waals surface area contributed by atoms with Crippen molar-refractivity contribution in [1.29, 1.82) is 0 Å². The van der Waals surface area contributed by atoms with E-state index in [4.69, 9.17) is 4.74 Å². The molecule has 2 aliphatic heterocycles. The fraction of sp³-hybridized carbons (Fsp3) is 0.556. The van der Waals surface area contributed by atoms with Gasteiger partial charge in [0.2, 0.25) is 5.95 Å². The van der Waals surface area contributed by atoms with Gasteiger partial charge in [-0.1, -0.05) is 0 Å². The first-order chi connectivity index (χ1) is 6.92. The summed E-state index contributed by atoms with van der Waals surface area (Å²) in [5.41, 5.74) is 2.32. The summed E-state index contributed by atoms with van der Waals surface area (Å²) < 4.78 is 5.07. The highest BCUT2D eigenvalue weighted by atomic mass is 16.5. The van der Waals surface area contributed by atoms with E-state index in [1.807, 2.05) is 6.20 Å². The topological polar surface area (TPSA) is 59.1 Å². The Balaban J connectivity index is 1.78. The molecule has 2 aliphatic rings. The van der Waals surface area contributed by atoms with Gasteiger partial charge in [-0.25, -0.2) is 9.97 Å². The lowest BCUT2D eigenvalue weighted by atomic mass is 10.2. The van der Waals surface area contributed by atoms with Crippen LogP contribution in [-0.4, -0.2) is 29.2 Å². The Morgan fingerprint density at radius 2 is 2.36 bits per heavy atom. The average molecular weight is 192 g/mol. The second-order valence-corrected chi connectivity index (χ2v) is 3.65. The number of ether oxygens (including phenoxy) is 1. The van der Waals surface area contributed by atoms with Crippen molar-refractivity contribution in [3.63, 3.8) is 0 Å². The summed E-state index contributed by atoms with van der Waals surface area (Å²) in [7, 11) is 0. The highest BCUT2D eigenvalue weighted by molar-refractivity contribution is 5.32. The SMILES string of the molecule is c1nc(NC2COC2)nc2c1CNC2. The first kappa shape index (κ1) is 8.14. The maximum absolute atomic E-state index is 5.07. The summed E-state index contributed by atoms with van der Waals surface area (Å²) >= 11 is 0. The monoisotopic (exact) mass is 192 g/mol. The quantitative estimate of drug-likeness (QED) is 0.684. The van der Waals surface area contributed by atoms with Crippen molar-refractivity contribution < 1.29 is 4.74 Å². The molecular formula is C9H12N4O. The maximum Gasteiger partial charge on any atom is 0.223 e. The zero-order valence-corrected chi connectivity index (χ0v) is 7.79. The van der Waals surface area contributed by atoms with Gasteiger partial charge in [-0.15, -0.1) is 0 Å². The van der Waals surface area contributed by atoms with E-state index in [2.05, 4.69) is 20.6 Å². The second kappa shape index (κ2) is 3.18. The van der Waals surface area contributed by atoms with Crippen molar-refractivity contribution in [3.05, 3.63) is 17.5 Å². The smallest absolute Gasteiger partial charge is 0.223 e. The fourth-order valence-corrected chi connectivity index (χ4v) is 1.63. The maximum atomic E-state index is 5.07. The average Bonchev–Trinajstić information content (AvgIpc) is 2.58. The number of hydrogen-bond donors (Lipinski definition) is 2. The number of fused-ring (bicyclic) bond motifs is 1. The van der Waals surface area contributed by atoms with Crippen LogP contribution < -0.4 is 10.6 Å². The molecule has 1 aromatic rings. The summed E-state index contributed by atoms with van der Waals surface area (Å²) in [4.78, 5) is 8.69. The molecule has 3 rings (SSSR count). The third-order valence-corrected chi connectivity index (χ3v) is 2.53. The van der Waals surface area contributed by atoms with Crippen LogP contribution in [0.1, 0.15) is 11.3 Å². The molecule has 0 aliphatic carbocycles. The van der Waals surface area contributed by atoms with Gasteiger partial charge < -0.3 is 15.4 Å². The number of nitrogens with zero attached hydrogens (tertiary/aromatic N) is 2. The minimum absolute atomic E-state index is 0.391. The van der Waals surface area contributed by atoms with Crippen LogP contribution in [0.5, 0.6) is 0 Å². The number of nitrogens with one attached hydrogen (secondary N) is 2. The molecule has 0 atom stereocenters. The lowest BCUT2D eigenvalue weighted by molar-refractivity contribution is 0.0208. The molecule has 14 heavy (non-hydrogen) atoms. The molecule has 74 valence electrons. The summed E-state index contributed by atoms with van der Waals surface area (Å²) in [6.45, 7) is 3.27. The van der Waals surface area contributed by atoms with Crippen LogP contribution in [-0.2, 0) is 17.8 Å². The number of hydrogen-bond acceptors (Lipinski definition) is 5. The minimum atomic E-state index is 0.391. The molecule has 0 bridgehead atoms. The summed E-state index contributed by atoms with van der Waals surface area (Å²) in [6, 6.07) is 0.391. The molecule has 0 unspecified atom stereocenters. The van der Waals surface area contributed by atoms with Crippen LogP contribution in [0, 0.1) is 0 Å². The Bertz CT molecular complexity index is 351. The first-order valence-electron chi connectivity index (χ1n) is 4.81. The number of aromatic nitrogens is 2. The molecule has 0 aromatic carbocycles. The molecule has 1 fully saturated rings. The van der Waals surface area contributed by atoms with Gasteiger partial charge in [0.05, 0.1) is 24.9 Å². The van der Waals surface area contributed by atoms with Crippen LogP contribution in [0.3, 0.4) is 0 Å². The Kier molecular flexibility index (Phi) is 1.85. The van der Waals surface area contributed by atoms with Crippen molar-refractivity contribution in [3.8, 4) is 0 Å². The van der Waals surface area contributed by atoms with Crippen LogP contribution in [0.15, 0.2) is 6.20 Å². The van der Waals surface area contributed by atoms with Crippen molar-refractivity contribution in [2.45, 2.75) is 19.1 Å². The molecule has 1 aromatic heterocycles. The van der Waals surface area contributed by atoms with E-state index < -0.39 is 0 Å². The highest BCUT2D eigenvalue weighted by Gasteiger charge is 2.20. The van der Waals surface area contributed by atoms with E-state index >= 15 is 0 Å². The zero-order valence-electron chi connectivity index (χ0n) is 7.79. The van der Waals surface area contributed by atoms with Crippen LogP contribution in [0.4, 0.5) is 5.95 Å². The van der Waals surface area contributed by atoms with E-state index in [0.29, 0.717) is 6.04 Å². The van der Waals surface area contributed by atoms with Gasteiger partial charge in [0, 0.05) is 24.8 Å². The van der Waals surface area contributed by atoms with E-state index in [9.17, 15) is 0 Å². The molecular weight excluding hydrogens is 180 g/mol. The van der Waals surface area contributed by atoms with Gasteiger partial charge in [0.15, 0.2) is 0 Å². The predicted octanol–water partition coefficient (Wildman–Crippen LogP) is -0.110. The summed E-state index contributed by atoms with van der Waals surface area (Å²) in [5.74, 6) is 0.723. The van der Waals surface area contributed by atoms with Crippen LogP contribution in [0.2, 0.25) is 0 Å². The van der Waals surface area contributed by atoms with Crippen molar-refractivity contribution in [2.75, 3.05) is 18.5 Å². The predicted molar refractivity (Wildman–Crippen MR) is 50.8 cm³/mol. The van der Waals surface area contributed by atoms with Crippen LogP contribution in [0.25, 0.3) is 0 Å². The number of anilines is 1. The largest absolute Gasteiger partial charge is 0.377 e. The summed E-state index contributed by atoms with van der Waals surface area (Å²) in [5, 5.41) is 6.47. The van der Waals surface area contributed by atoms with Crippen molar-refractivity contribution >= 4 is 5.95 Å². The van der Waals surface area contributed by atoms with Gasteiger partial charge in [-0.3, -0.25) is 0 Å². The second-order valence-electron chi connectivity index (χ2n) is 3.65. The molecule has 0 radical (unpaired) electrons. The third kappa shape index (κ3) is 1.34. The Morgan fingerprint density at radius 1 is 1.43 bits per heavy atom. The Hall–Kier alpha value is -1.20. The van der Waals surface area contributed by atoms with Gasteiger partial charge >= 0.3 is 0 Å². The van der Waals surface area contributed by atoms with Gasteiger partial charge in [0.1, 0.15) is 0 Å². The lowest BCUT2D eigenvalue weighted by Gasteiger charge is -2.26. The molecule has 0 amide bonds. The Morgan fingerprint density at radius 3 is 3.14 bits per heavy atom. The standard InChI is InChI=1S/C9H12N4O/c1-6-2-11-9(12-7-4-14-5-7)13-8(6)3-10-1/h2,7,10H,1,3-5H2,(H,11,12,13). The molecule has 5 heteroatoms. The van der Waals surface area contributed by atoms with E-state index in [-0.39, 0.29) is 0 Å². The highest BCUT2D eigenvalue weighted by Crippen LogP contribution is 2.14. The summed E-state index contributed by atoms with van der Waals surface area (Å²) in [6.07, 6.45) is 1.89. The van der Waals surface area contributed by atoms with Crippen LogP contribution >= 0.6 is 0 Å². The van der Waals surface area contributed by atoms with Gasteiger partial charge in [-0.2, -0.15) is 0 Å². The zero-order chi connectivity index (χ0) is 9.38. The molecule has 0 saturated carbocycles. The third-order valence-electron chi connectivity index (χ3n) is 2.53. The molecule has 1 saturated heterocycles. The van der Waals surface area contributed by atoms with E-state index in [1.54, 1.807) is 0 Å². The first-order valence-corrected chi connectivity index (χ1v) is 4.81. The van der Waals surface area contributed by atoms with E-state index in [0.717, 1.165) is 37.9 Å². The minimum Gasteiger partial charge on any atom is -0.377 e. The molecule has 2 N–H and O–H groups in total. The molecule has 3 heterocycles. The Labute approximate surface area is 81.9 Å². The van der Waals surface area contributed by atoms with Crippen molar-refractivity contribution in [2.24, 2.45) is 0 Å². The van der Waals surface area contributed by atoms with Gasteiger partial charge in [-0.05, 0) is 0 Å². The normalized spacial score (nSPS) is 20.3. The molecule has 0 spiro atoms. The fourth-order valence-electron chi connectivity index (χ4n) is 1.63. The van der Waals surface area contributed by atoms with Crippen molar-refractivity contribution in [1.82, 2.24) is 15.3 Å². The lowest BCUT2D eigenvalue weighted by Crippen LogP contribution is -2.40. The molecule has 5 nitrogen and oxygen atoms in total. The van der Waals surface area contributed by atoms with Gasteiger partial charge in [0.25, 0.3) is 0 Å².